The number of carbonyl (C=O) groups is 7. The third-order valence-electron chi connectivity index (χ3n) is 11.8. The van der Waals surface area contributed by atoms with Gasteiger partial charge in [-0.3, -0.25) is 38.5 Å². The van der Waals surface area contributed by atoms with E-state index in [9.17, 15) is 33.6 Å². The molecule has 16 nitrogen and oxygen atoms in total. The highest BCUT2D eigenvalue weighted by Crippen LogP contribution is 2.41. The number of imide groups is 1. The van der Waals surface area contributed by atoms with Crippen LogP contribution in [0.5, 0.6) is 23.0 Å². The minimum absolute atomic E-state index is 0.00824. The number of methoxy groups -OCH3 is 2. The molecule has 19 heteroatoms. The van der Waals surface area contributed by atoms with Crippen LogP contribution < -0.4 is 24.3 Å². The number of carbonyl (C=O) groups excluding carboxylic acids is 7. The van der Waals surface area contributed by atoms with Crippen LogP contribution >= 0.6 is 11.3 Å². The van der Waals surface area contributed by atoms with Crippen LogP contribution in [0.1, 0.15) is 120 Å². The number of esters is 2. The van der Waals surface area contributed by atoms with E-state index < -0.39 is 65.6 Å². The van der Waals surface area contributed by atoms with Crippen LogP contribution in [0.2, 0.25) is 0 Å². The molecule has 5 rings (SSSR count). The molecular weight excluding hydrogens is 921 g/mol. The Hall–Kier alpha value is -6.29. The van der Waals surface area contributed by atoms with Gasteiger partial charge in [0.2, 0.25) is 23.6 Å². The Balaban J connectivity index is 1.07. The van der Waals surface area contributed by atoms with Crippen molar-refractivity contribution in [1.29, 1.82) is 0 Å². The fourth-order valence-corrected chi connectivity index (χ4v) is 9.17. The first kappa shape index (κ1) is 53.7. The molecule has 0 spiro atoms. The van der Waals surface area contributed by atoms with Crippen molar-refractivity contribution in [2.75, 3.05) is 40.5 Å². The molecule has 2 aliphatic heterocycles. The number of rotatable bonds is 26. The van der Waals surface area contributed by atoms with Crippen molar-refractivity contribution in [2.24, 2.45) is 11.8 Å². The summed E-state index contributed by atoms with van der Waals surface area (Å²) in [5.41, 5.74) is 0.836. The van der Waals surface area contributed by atoms with Crippen LogP contribution in [0.15, 0.2) is 18.2 Å². The van der Waals surface area contributed by atoms with E-state index in [0.29, 0.717) is 23.1 Å². The zero-order valence-corrected chi connectivity index (χ0v) is 41.0. The predicted octanol–water partition coefficient (Wildman–Crippen LogP) is 7.22. The lowest BCUT2D eigenvalue weighted by atomic mass is 9.89. The van der Waals surface area contributed by atoms with Gasteiger partial charge in [-0.1, -0.05) is 33.1 Å². The summed E-state index contributed by atoms with van der Waals surface area (Å²) in [6, 6.07) is 4.52. The minimum atomic E-state index is -0.789. The number of halogens is 2. The van der Waals surface area contributed by atoms with Gasteiger partial charge in [0.1, 0.15) is 18.8 Å². The molecule has 3 unspecified atom stereocenters. The zero-order valence-electron chi connectivity index (χ0n) is 40.2. The Kier molecular flexibility index (Phi) is 19.7. The van der Waals surface area contributed by atoms with Gasteiger partial charge in [0.05, 0.1) is 57.6 Å². The number of fused-ring (bicyclic) bond motifs is 2. The molecule has 4 atom stereocenters. The number of thiophene rings is 1. The number of benzene rings is 2. The second kappa shape index (κ2) is 25.4. The van der Waals surface area contributed by atoms with E-state index in [0.717, 1.165) is 29.1 Å². The lowest BCUT2D eigenvalue weighted by Crippen LogP contribution is -2.43. The van der Waals surface area contributed by atoms with E-state index in [2.05, 4.69) is 17.2 Å². The molecule has 0 saturated carbocycles. The van der Waals surface area contributed by atoms with E-state index in [1.54, 1.807) is 13.0 Å². The molecule has 69 heavy (non-hydrogen) atoms. The molecule has 3 aromatic rings. The summed E-state index contributed by atoms with van der Waals surface area (Å²) in [5, 5.41) is 2.66. The Morgan fingerprint density at radius 3 is 2.19 bits per heavy atom. The third-order valence-corrected chi connectivity index (χ3v) is 13.0. The first-order chi connectivity index (χ1) is 33.1. The van der Waals surface area contributed by atoms with E-state index in [1.807, 2.05) is 20.8 Å². The maximum atomic E-state index is 15.9. The smallest absolute Gasteiger partial charge is 0.306 e. The number of hydrogen-bond acceptors (Lipinski definition) is 14. The molecule has 0 radical (unpaired) electrons. The SMILES string of the molecule is CC#CC(CC)C1CC(=O)N(CC(=O)NC[C@H](C)OC(=O)CCC(=O)c2cc3c(F)c(OCCCOc4c(OC)cc5c(c4F)CN(C(=O)CCC(=O)OC(CC)CCC)C5)c(OC)cc3s2)C1=O. The molecule has 2 aliphatic rings. The fourth-order valence-electron chi connectivity index (χ4n) is 8.12. The highest BCUT2D eigenvalue weighted by Gasteiger charge is 2.42. The summed E-state index contributed by atoms with van der Waals surface area (Å²) >= 11 is 1.01. The largest absolute Gasteiger partial charge is 0.493 e. The molecule has 0 bridgehead atoms. The van der Waals surface area contributed by atoms with Crippen molar-refractivity contribution >= 4 is 62.8 Å². The Labute approximate surface area is 404 Å². The highest BCUT2D eigenvalue weighted by molar-refractivity contribution is 7.20. The summed E-state index contributed by atoms with van der Waals surface area (Å²) in [6.07, 6.45) is 1.43. The summed E-state index contributed by atoms with van der Waals surface area (Å²) < 4.78 is 65.5. The monoisotopic (exact) mass is 981 g/mol. The number of nitrogens with zero attached hydrogens (tertiary/aromatic N) is 2. The van der Waals surface area contributed by atoms with Gasteiger partial charge >= 0.3 is 11.9 Å². The standard InChI is InChI=1S/C50H61F2N3O13S/c1-8-13-30(10-3)33-23-43(59)55(50(33)62)28-41(57)53-25-29(5)67-44(60)17-15-36(56)40-22-34-39(69-40)24-38(64-7)49(46(34)51)66-20-12-19-65-48-37(63-6)21-31-26-54(27-35(31)47(48)52)42(58)16-18-45(61)68-32(11-4)14-9-2/h21-22,24,29-30,32-33H,9-12,14-20,23,25-28H2,1-7H3,(H,53,57)/t29-,30?,32?,33?/m0/s1. The number of hydrogen-bond donors (Lipinski definition) is 1. The first-order valence-corrected chi connectivity index (χ1v) is 24.1. The number of Topliss-reactive ketones (excluding diaryl/α,β-unsaturated/α-hetero) is 1. The number of ketones is 1. The van der Waals surface area contributed by atoms with Crippen molar-refractivity contribution in [3.63, 3.8) is 0 Å². The van der Waals surface area contributed by atoms with Crippen LogP contribution in [-0.4, -0.2) is 104 Å². The second-order valence-corrected chi connectivity index (χ2v) is 17.9. The van der Waals surface area contributed by atoms with Gasteiger partial charge < -0.3 is 38.6 Å². The molecule has 1 aromatic heterocycles. The van der Waals surface area contributed by atoms with Gasteiger partial charge in [-0.15, -0.1) is 17.3 Å². The number of likely N-dealkylation sites (tertiary alicyclic amines) is 1. The van der Waals surface area contributed by atoms with Gasteiger partial charge in [-0.25, -0.2) is 8.78 Å². The Morgan fingerprint density at radius 1 is 0.870 bits per heavy atom. The molecule has 3 heterocycles. The van der Waals surface area contributed by atoms with E-state index >= 15 is 8.78 Å². The van der Waals surface area contributed by atoms with Crippen LogP contribution in [0.3, 0.4) is 0 Å². The number of amides is 4. The molecule has 1 saturated heterocycles. The highest BCUT2D eigenvalue weighted by atomic mass is 32.1. The minimum Gasteiger partial charge on any atom is -0.493 e. The van der Waals surface area contributed by atoms with Crippen molar-refractivity contribution in [3.8, 4) is 34.8 Å². The summed E-state index contributed by atoms with van der Waals surface area (Å²) in [5.74, 6) is -0.110. The van der Waals surface area contributed by atoms with Gasteiger partial charge in [0.25, 0.3) is 0 Å². The molecule has 2 aromatic carbocycles. The van der Waals surface area contributed by atoms with Crippen LogP contribution in [-0.2, 0) is 51.3 Å². The molecule has 1 fully saturated rings. The summed E-state index contributed by atoms with van der Waals surface area (Å²) in [6.45, 7) is 8.47. The molecule has 1 N–H and O–H groups in total. The number of nitrogens with one attached hydrogen (secondary N) is 1. The second-order valence-electron chi connectivity index (χ2n) is 16.8. The topological polar surface area (TPSA) is 193 Å². The zero-order chi connectivity index (χ0) is 50.4. The van der Waals surface area contributed by atoms with Crippen molar-refractivity contribution in [3.05, 3.63) is 45.8 Å². The lowest BCUT2D eigenvalue weighted by Gasteiger charge is -2.18. The summed E-state index contributed by atoms with van der Waals surface area (Å²) in [7, 11) is 2.71. The molecule has 0 aliphatic carbocycles. The molecule has 374 valence electrons. The van der Waals surface area contributed by atoms with E-state index in [-0.39, 0.29) is 128 Å². The Bertz CT molecular complexity index is 2460. The third kappa shape index (κ3) is 13.7. The van der Waals surface area contributed by atoms with Crippen LogP contribution in [0, 0.1) is 35.3 Å². The van der Waals surface area contributed by atoms with E-state index in [1.165, 1.54) is 38.2 Å². The van der Waals surface area contributed by atoms with Crippen molar-refractivity contribution in [1.82, 2.24) is 15.1 Å². The Morgan fingerprint density at radius 2 is 1.54 bits per heavy atom. The maximum absolute atomic E-state index is 15.9. The fraction of sp³-hybridized carbons (Fsp3) is 0.540. The number of ether oxygens (including phenoxy) is 6. The predicted molar refractivity (Wildman–Crippen MR) is 250 cm³/mol. The molecular formula is C50H61F2N3O13S. The van der Waals surface area contributed by atoms with Gasteiger partial charge in [0.15, 0.2) is 40.4 Å². The van der Waals surface area contributed by atoms with Gasteiger partial charge in [0, 0.05) is 66.4 Å². The molecule has 4 amide bonds. The average Bonchev–Trinajstić information content (AvgIpc) is 4.05. The van der Waals surface area contributed by atoms with Gasteiger partial charge in [-0.2, -0.15) is 0 Å². The maximum Gasteiger partial charge on any atom is 0.306 e. The van der Waals surface area contributed by atoms with Crippen LogP contribution in [0.25, 0.3) is 10.1 Å². The van der Waals surface area contributed by atoms with E-state index in [4.69, 9.17) is 28.4 Å². The lowest BCUT2D eigenvalue weighted by molar-refractivity contribution is -0.151. The van der Waals surface area contributed by atoms with Crippen molar-refractivity contribution in [2.45, 2.75) is 124 Å². The quantitative estimate of drug-likeness (QED) is 0.0279. The normalized spacial score (nSPS) is 15.5. The summed E-state index contributed by atoms with van der Waals surface area (Å²) in [4.78, 5) is 91.7. The van der Waals surface area contributed by atoms with Gasteiger partial charge in [-0.05, 0) is 50.8 Å². The van der Waals surface area contributed by atoms with Crippen LogP contribution in [0.4, 0.5) is 8.78 Å². The average molecular weight is 982 g/mol. The van der Waals surface area contributed by atoms with Crippen molar-refractivity contribution < 1.29 is 70.8 Å². The first-order valence-electron chi connectivity index (χ1n) is 23.2.